The number of ketones is 1. The van der Waals surface area contributed by atoms with Crippen molar-refractivity contribution in [2.75, 3.05) is 7.11 Å². The fourth-order valence-electron chi connectivity index (χ4n) is 0.928. The second kappa shape index (κ2) is 4.32. The number of benzene rings is 1. The van der Waals surface area contributed by atoms with E-state index >= 15 is 0 Å². The van der Waals surface area contributed by atoms with Gasteiger partial charge in [-0.3, -0.25) is 4.79 Å². The van der Waals surface area contributed by atoms with Gasteiger partial charge in [0.15, 0.2) is 0 Å². The maximum atomic E-state index is 11.2. The second-order valence-corrected chi connectivity index (χ2v) is 2.43. The van der Waals surface area contributed by atoms with Crippen LogP contribution in [-0.2, 0) is 0 Å². The zero-order chi connectivity index (χ0) is 9.68. The lowest BCUT2D eigenvalue weighted by molar-refractivity contribution is 0.105. The molecule has 0 aliphatic rings. The molecule has 66 valence electrons. The highest BCUT2D eigenvalue weighted by Crippen LogP contribution is 2.11. The summed E-state index contributed by atoms with van der Waals surface area (Å²) in [6.07, 6.45) is 0. The van der Waals surface area contributed by atoms with Gasteiger partial charge in [-0.05, 0) is 37.1 Å². The molecule has 0 saturated heterocycles. The molecule has 13 heavy (non-hydrogen) atoms. The average molecular weight is 174 g/mol. The fraction of sp³-hybridized carbons (Fsp3) is 0.182. The molecule has 2 heteroatoms. The Balaban J connectivity index is 2.90. The summed E-state index contributed by atoms with van der Waals surface area (Å²) in [6, 6.07) is 6.88. The van der Waals surface area contributed by atoms with Crippen LogP contribution in [0.15, 0.2) is 24.3 Å². The molecule has 0 unspecified atom stereocenters. The Bertz CT molecular complexity index is 352. The lowest BCUT2D eigenvalue weighted by Gasteiger charge is -1.98. The van der Waals surface area contributed by atoms with Gasteiger partial charge in [-0.15, -0.1) is 0 Å². The van der Waals surface area contributed by atoms with Crippen molar-refractivity contribution in [1.29, 1.82) is 0 Å². The van der Waals surface area contributed by atoms with E-state index in [1.54, 1.807) is 38.3 Å². The number of hydrogen-bond acceptors (Lipinski definition) is 2. The minimum Gasteiger partial charge on any atom is -0.497 e. The Labute approximate surface area is 77.5 Å². The zero-order valence-corrected chi connectivity index (χ0v) is 7.63. The van der Waals surface area contributed by atoms with Crippen molar-refractivity contribution in [2.24, 2.45) is 0 Å². The first-order valence-electron chi connectivity index (χ1n) is 3.89. The predicted octanol–water partition coefficient (Wildman–Crippen LogP) is 1.90. The largest absolute Gasteiger partial charge is 0.497 e. The van der Waals surface area contributed by atoms with Crippen LogP contribution < -0.4 is 4.74 Å². The van der Waals surface area contributed by atoms with E-state index in [1.165, 1.54) is 0 Å². The second-order valence-electron chi connectivity index (χ2n) is 2.43. The molecular weight excluding hydrogens is 164 g/mol. The Morgan fingerprint density at radius 3 is 2.38 bits per heavy atom. The molecule has 0 saturated carbocycles. The summed E-state index contributed by atoms with van der Waals surface area (Å²) in [5.41, 5.74) is 0.593. The highest BCUT2D eigenvalue weighted by atomic mass is 16.5. The van der Waals surface area contributed by atoms with E-state index < -0.39 is 0 Å². The van der Waals surface area contributed by atoms with E-state index in [1.807, 2.05) is 0 Å². The molecule has 0 aromatic heterocycles. The quantitative estimate of drug-likeness (QED) is 0.389. The van der Waals surface area contributed by atoms with Gasteiger partial charge in [0, 0.05) is 5.56 Å². The third-order valence-electron chi connectivity index (χ3n) is 1.59. The molecule has 0 aliphatic carbocycles. The third kappa shape index (κ3) is 2.34. The van der Waals surface area contributed by atoms with E-state index in [0.717, 1.165) is 5.75 Å². The number of ether oxygens (including phenoxy) is 1. The number of carbonyl (C=O) groups is 1. The Morgan fingerprint density at radius 2 is 1.92 bits per heavy atom. The number of methoxy groups -OCH3 is 1. The molecule has 1 aromatic rings. The van der Waals surface area contributed by atoms with Gasteiger partial charge >= 0.3 is 0 Å². The number of hydrogen-bond donors (Lipinski definition) is 0. The van der Waals surface area contributed by atoms with Gasteiger partial charge in [0.2, 0.25) is 5.78 Å². The Hall–Kier alpha value is -1.75. The van der Waals surface area contributed by atoms with Crippen molar-refractivity contribution < 1.29 is 9.53 Å². The molecule has 0 amide bonds. The van der Waals surface area contributed by atoms with Crippen LogP contribution in [0, 0.1) is 11.8 Å². The summed E-state index contributed by atoms with van der Waals surface area (Å²) in [6.45, 7) is 1.64. The van der Waals surface area contributed by atoms with Crippen molar-refractivity contribution in [3.05, 3.63) is 29.8 Å². The highest BCUT2D eigenvalue weighted by molar-refractivity contribution is 6.08. The maximum absolute atomic E-state index is 11.2. The summed E-state index contributed by atoms with van der Waals surface area (Å²) in [5.74, 6) is 5.61. The monoisotopic (exact) mass is 174 g/mol. The molecule has 1 rings (SSSR count). The van der Waals surface area contributed by atoms with Gasteiger partial charge < -0.3 is 4.74 Å². The lowest BCUT2D eigenvalue weighted by atomic mass is 10.1. The number of Topliss-reactive ketones (excluding diaryl/α,β-unsaturated/α-hetero) is 1. The lowest BCUT2D eigenvalue weighted by Crippen LogP contribution is -1.94. The smallest absolute Gasteiger partial charge is 0.235 e. The van der Waals surface area contributed by atoms with Crippen LogP contribution in [0.1, 0.15) is 17.3 Å². The van der Waals surface area contributed by atoms with E-state index in [0.29, 0.717) is 5.56 Å². The van der Waals surface area contributed by atoms with Crippen molar-refractivity contribution in [3.63, 3.8) is 0 Å². The predicted molar refractivity (Wildman–Crippen MR) is 50.8 cm³/mol. The third-order valence-corrected chi connectivity index (χ3v) is 1.59. The molecule has 0 atom stereocenters. The van der Waals surface area contributed by atoms with Gasteiger partial charge in [-0.2, -0.15) is 0 Å². The van der Waals surface area contributed by atoms with Crippen LogP contribution >= 0.6 is 0 Å². The number of rotatable bonds is 2. The molecule has 0 N–H and O–H groups in total. The summed E-state index contributed by atoms with van der Waals surface area (Å²) >= 11 is 0. The number of carbonyl (C=O) groups excluding carboxylic acids is 1. The molecule has 2 nitrogen and oxygen atoms in total. The van der Waals surface area contributed by atoms with Crippen LogP contribution in [0.3, 0.4) is 0 Å². The summed E-state index contributed by atoms with van der Waals surface area (Å²) in [7, 11) is 1.59. The minimum atomic E-state index is -0.162. The molecule has 1 aromatic carbocycles. The first kappa shape index (κ1) is 9.34. The molecule has 0 heterocycles. The van der Waals surface area contributed by atoms with Gasteiger partial charge in [0.05, 0.1) is 7.11 Å². The normalized spacial score (nSPS) is 8.46. The van der Waals surface area contributed by atoms with Crippen LogP contribution in [0.2, 0.25) is 0 Å². The molecule has 0 radical (unpaired) electrons. The first-order valence-corrected chi connectivity index (χ1v) is 3.89. The fourth-order valence-corrected chi connectivity index (χ4v) is 0.928. The summed E-state index contributed by atoms with van der Waals surface area (Å²) in [5, 5.41) is 0. The Morgan fingerprint density at radius 1 is 1.31 bits per heavy atom. The molecule has 0 spiro atoms. The van der Waals surface area contributed by atoms with Gasteiger partial charge in [0.25, 0.3) is 0 Å². The van der Waals surface area contributed by atoms with Crippen LogP contribution in [0.4, 0.5) is 0 Å². The Kier molecular flexibility index (Phi) is 3.10. The van der Waals surface area contributed by atoms with Crippen LogP contribution in [-0.4, -0.2) is 12.9 Å². The molecule has 0 fully saturated rings. The van der Waals surface area contributed by atoms with Crippen LogP contribution in [0.25, 0.3) is 0 Å². The van der Waals surface area contributed by atoms with E-state index in [9.17, 15) is 4.79 Å². The van der Waals surface area contributed by atoms with Gasteiger partial charge in [-0.25, -0.2) is 0 Å². The summed E-state index contributed by atoms with van der Waals surface area (Å²) in [4.78, 5) is 11.2. The van der Waals surface area contributed by atoms with Crippen LogP contribution in [0.5, 0.6) is 5.75 Å². The minimum absolute atomic E-state index is 0.162. The van der Waals surface area contributed by atoms with E-state index in [2.05, 4.69) is 11.8 Å². The SMILES string of the molecule is CC#CC(=O)c1ccc(OC)cc1. The highest BCUT2D eigenvalue weighted by Gasteiger charge is 2.00. The maximum Gasteiger partial charge on any atom is 0.235 e. The molecule has 0 aliphatic heterocycles. The standard InChI is InChI=1S/C11H10O2/c1-3-4-11(12)9-5-7-10(13-2)8-6-9/h5-8H,1-2H3. The average Bonchev–Trinajstić information content (AvgIpc) is 2.18. The van der Waals surface area contributed by atoms with Crippen molar-refractivity contribution >= 4 is 5.78 Å². The topological polar surface area (TPSA) is 26.3 Å². The van der Waals surface area contributed by atoms with Crippen molar-refractivity contribution in [3.8, 4) is 17.6 Å². The molecule has 0 bridgehead atoms. The summed E-state index contributed by atoms with van der Waals surface area (Å²) < 4.78 is 4.96. The van der Waals surface area contributed by atoms with E-state index in [4.69, 9.17) is 4.74 Å². The van der Waals surface area contributed by atoms with Crippen molar-refractivity contribution in [1.82, 2.24) is 0 Å². The molecular formula is C11H10O2. The van der Waals surface area contributed by atoms with Crippen molar-refractivity contribution in [2.45, 2.75) is 6.92 Å². The van der Waals surface area contributed by atoms with Gasteiger partial charge in [0.1, 0.15) is 5.75 Å². The van der Waals surface area contributed by atoms with Gasteiger partial charge in [-0.1, -0.05) is 5.92 Å². The van der Waals surface area contributed by atoms with E-state index in [-0.39, 0.29) is 5.78 Å². The zero-order valence-electron chi connectivity index (χ0n) is 7.63. The first-order chi connectivity index (χ1) is 6.27.